The number of guanidine groups is 1. The molecular weight excluding hydrogens is 647 g/mol. The van der Waals surface area contributed by atoms with Crippen LogP contribution in [0.1, 0.15) is 46.1 Å². The van der Waals surface area contributed by atoms with E-state index in [1.165, 1.54) is 6.42 Å². The summed E-state index contributed by atoms with van der Waals surface area (Å²) in [4.78, 5) is 47.7. The third-order valence-electron chi connectivity index (χ3n) is 10.8. The van der Waals surface area contributed by atoms with Crippen LogP contribution < -0.4 is 16.2 Å². The first-order valence-corrected chi connectivity index (χ1v) is 17.4. The number of fused-ring (bicyclic) bond motifs is 3. The monoisotopic (exact) mass is 686 g/mol. The Hall–Kier alpha value is -4.02. The second-order valence-corrected chi connectivity index (χ2v) is 15.0. The van der Waals surface area contributed by atoms with Crippen molar-refractivity contribution in [3.05, 3.63) is 81.0 Å². The molecule has 4 fully saturated rings. The number of hydrogen-bond donors (Lipinski definition) is 2. The molecule has 4 aromatic rings. The van der Waals surface area contributed by atoms with Gasteiger partial charge in [0.2, 0.25) is 5.91 Å². The molecule has 48 heavy (non-hydrogen) atoms. The van der Waals surface area contributed by atoms with Crippen molar-refractivity contribution in [2.45, 2.75) is 65.6 Å². The molecule has 10 nitrogen and oxygen atoms in total. The predicted molar refractivity (Wildman–Crippen MR) is 190 cm³/mol. The summed E-state index contributed by atoms with van der Waals surface area (Å²) < 4.78 is 1.63. The maximum absolute atomic E-state index is 14.0. The lowest BCUT2D eigenvalue weighted by atomic mass is 9.45. The molecule has 8 rings (SSSR count). The van der Waals surface area contributed by atoms with E-state index in [1.807, 2.05) is 30.0 Å². The number of aliphatic imine (C=N–C) groups is 1. The molecule has 3 aliphatic carbocycles. The van der Waals surface area contributed by atoms with E-state index in [0.717, 1.165) is 17.7 Å². The van der Waals surface area contributed by atoms with Crippen LogP contribution in [0, 0.1) is 23.2 Å². The number of piperazine rings is 1. The summed E-state index contributed by atoms with van der Waals surface area (Å²) in [5.41, 5.74) is 2.77. The molecule has 0 radical (unpaired) electrons. The Balaban J connectivity index is 1.24. The smallest absolute Gasteiger partial charge is 0.261 e. The fourth-order valence-electron chi connectivity index (χ4n) is 7.94. The van der Waals surface area contributed by atoms with Crippen LogP contribution in [0.25, 0.3) is 22.4 Å². The topological polar surface area (TPSA) is 117 Å². The highest BCUT2D eigenvalue weighted by Crippen LogP contribution is 2.61. The fraction of sp³-hybridized carbons (Fsp3) is 0.444. The van der Waals surface area contributed by atoms with Crippen LogP contribution in [0.2, 0.25) is 10.0 Å². The van der Waals surface area contributed by atoms with Crippen LogP contribution in [0.5, 0.6) is 0 Å². The van der Waals surface area contributed by atoms with Crippen LogP contribution in [0.15, 0.2) is 64.8 Å². The van der Waals surface area contributed by atoms with Gasteiger partial charge in [-0.2, -0.15) is 0 Å². The summed E-state index contributed by atoms with van der Waals surface area (Å²) in [7, 11) is 0. The van der Waals surface area contributed by atoms with Gasteiger partial charge in [0.15, 0.2) is 11.8 Å². The van der Waals surface area contributed by atoms with Crippen molar-refractivity contribution >= 4 is 51.7 Å². The highest BCUT2D eigenvalue weighted by molar-refractivity contribution is 6.35. The maximum atomic E-state index is 14.0. The SMILES string of the molecule is CC1C(N=C(Nc2ccc3c(=O)n(CCc4ccc(Cl)cc4Cl)c(-c4cnccn4)nc3c2)N2CC(=O)N[C@@H](C)C2)C[C@H]2C[C@@H]1C2(C)C. The molecule has 1 saturated heterocycles. The normalized spacial score (nSPS) is 25.0. The lowest BCUT2D eigenvalue weighted by Gasteiger charge is -2.61. The molecule has 0 spiro atoms. The number of aryl methyl sites for hydroxylation is 1. The molecule has 250 valence electrons. The summed E-state index contributed by atoms with van der Waals surface area (Å²) in [6.07, 6.45) is 7.57. The van der Waals surface area contributed by atoms with Gasteiger partial charge in [0, 0.05) is 47.3 Å². The molecule has 3 saturated carbocycles. The summed E-state index contributed by atoms with van der Waals surface area (Å²) in [5, 5.41) is 8.13. The van der Waals surface area contributed by atoms with Gasteiger partial charge in [-0.25, -0.2) is 15.0 Å². The Labute approximate surface area is 290 Å². The number of aromatic nitrogens is 4. The molecule has 1 amide bonds. The number of rotatable bonds is 6. The number of carbonyl (C=O) groups excluding carboxylic acids is 1. The van der Waals surface area contributed by atoms with E-state index >= 15 is 0 Å². The second-order valence-electron chi connectivity index (χ2n) is 14.1. The van der Waals surface area contributed by atoms with Crippen molar-refractivity contribution in [3.63, 3.8) is 0 Å². The van der Waals surface area contributed by atoms with Crippen LogP contribution in [0.4, 0.5) is 5.69 Å². The molecule has 2 unspecified atom stereocenters. The number of amides is 1. The van der Waals surface area contributed by atoms with E-state index in [1.54, 1.807) is 41.4 Å². The second kappa shape index (κ2) is 12.8. The van der Waals surface area contributed by atoms with Gasteiger partial charge < -0.3 is 15.5 Å². The number of hydrogen-bond acceptors (Lipinski definition) is 6. The van der Waals surface area contributed by atoms with Crippen molar-refractivity contribution in [3.8, 4) is 11.5 Å². The van der Waals surface area contributed by atoms with Crippen molar-refractivity contribution in [2.24, 2.45) is 28.2 Å². The molecule has 2 bridgehead atoms. The van der Waals surface area contributed by atoms with Gasteiger partial charge in [-0.3, -0.25) is 19.1 Å². The molecule has 2 N–H and O–H groups in total. The first kappa shape index (κ1) is 32.5. The van der Waals surface area contributed by atoms with Gasteiger partial charge >= 0.3 is 0 Å². The minimum atomic E-state index is -0.189. The first-order valence-electron chi connectivity index (χ1n) is 16.6. The zero-order valence-electron chi connectivity index (χ0n) is 27.6. The van der Waals surface area contributed by atoms with Crippen molar-refractivity contribution in [1.82, 2.24) is 29.7 Å². The zero-order valence-corrected chi connectivity index (χ0v) is 29.1. The predicted octanol–water partition coefficient (Wildman–Crippen LogP) is 6.06. The zero-order chi connectivity index (χ0) is 33.7. The number of nitrogens with one attached hydrogen (secondary N) is 2. The first-order chi connectivity index (χ1) is 23.0. The Morgan fingerprint density at radius 2 is 1.94 bits per heavy atom. The molecule has 2 aromatic carbocycles. The van der Waals surface area contributed by atoms with E-state index in [9.17, 15) is 9.59 Å². The minimum Gasteiger partial charge on any atom is -0.350 e. The summed E-state index contributed by atoms with van der Waals surface area (Å²) in [6, 6.07) is 11.0. The Kier molecular flexibility index (Phi) is 8.66. The standard InChI is InChI=1S/C36H40Cl2N8O2/c1-20-18-45(19-32(47)41-20)35(44-29-14-23-13-27(21(29)2)36(23,3)4)42-25-7-8-26-30(16-25)43-33(31-17-39-10-11-40-31)46(34(26)48)12-9-22-5-6-24(37)15-28(22)38/h5-8,10-11,15-17,20-21,23,27,29H,9,12-14,18-19H2,1-4H3,(H,41,47)(H,42,44)/t20-,21?,23+,27-,29?/m0/s1. The van der Waals surface area contributed by atoms with E-state index in [4.69, 9.17) is 33.2 Å². The maximum Gasteiger partial charge on any atom is 0.261 e. The quantitative estimate of drug-likeness (QED) is 0.187. The molecule has 1 aliphatic heterocycles. The largest absolute Gasteiger partial charge is 0.350 e. The number of nitrogens with zero attached hydrogens (tertiary/aromatic N) is 6. The van der Waals surface area contributed by atoms with Gasteiger partial charge in [0.1, 0.15) is 5.69 Å². The molecule has 5 atom stereocenters. The number of halogens is 2. The highest BCUT2D eigenvalue weighted by Gasteiger charge is 2.56. The average molecular weight is 688 g/mol. The molecule has 4 aliphatic rings. The van der Waals surface area contributed by atoms with Crippen molar-refractivity contribution in [1.29, 1.82) is 0 Å². The average Bonchev–Trinajstić information content (AvgIpc) is 3.05. The van der Waals surface area contributed by atoms with E-state index in [2.05, 4.69) is 41.4 Å². The number of benzene rings is 2. The Bertz CT molecular complexity index is 1960. The van der Waals surface area contributed by atoms with Crippen LogP contribution in [-0.2, 0) is 17.8 Å². The van der Waals surface area contributed by atoms with Crippen molar-refractivity contribution in [2.75, 3.05) is 18.4 Å². The van der Waals surface area contributed by atoms with Crippen LogP contribution in [0.3, 0.4) is 0 Å². The van der Waals surface area contributed by atoms with E-state index in [-0.39, 0.29) is 30.1 Å². The lowest BCUT2D eigenvalue weighted by Crippen LogP contribution is -2.58. The summed E-state index contributed by atoms with van der Waals surface area (Å²) in [6.45, 7) is 10.3. The highest BCUT2D eigenvalue weighted by atomic mass is 35.5. The Morgan fingerprint density at radius 1 is 1.10 bits per heavy atom. The summed E-state index contributed by atoms with van der Waals surface area (Å²) >= 11 is 12.6. The molecule has 3 heterocycles. The van der Waals surface area contributed by atoms with E-state index in [0.29, 0.717) is 81.1 Å². The minimum absolute atomic E-state index is 0.0107. The third-order valence-corrected chi connectivity index (χ3v) is 11.3. The fourth-order valence-corrected chi connectivity index (χ4v) is 8.44. The molecular formula is C36H40Cl2N8O2. The van der Waals surface area contributed by atoms with Crippen molar-refractivity contribution < 1.29 is 4.79 Å². The van der Waals surface area contributed by atoms with Crippen LogP contribution in [-0.4, -0.2) is 61.5 Å². The summed E-state index contributed by atoms with van der Waals surface area (Å²) in [5.74, 6) is 2.78. The van der Waals surface area contributed by atoms with Crippen LogP contribution >= 0.6 is 23.2 Å². The van der Waals surface area contributed by atoms with Gasteiger partial charge in [0.25, 0.3) is 5.56 Å². The Morgan fingerprint density at radius 3 is 2.65 bits per heavy atom. The molecule has 2 aromatic heterocycles. The van der Waals surface area contributed by atoms with Gasteiger partial charge in [-0.15, -0.1) is 0 Å². The lowest BCUT2D eigenvalue weighted by molar-refractivity contribution is -0.124. The van der Waals surface area contributed by atoms with Gasteiger partial charge in [-0.05, 0) is 85.3 Å². The molecule has 12 heteroatoms. The third kappa shape index (κ3) is 6.16. The van der Waals surface area contributed by atoms with E-state index < -0.39 is 0 Å². The van der Waals surface area contributed by atoms with Gasteiger partial charge in [-0.1, -0.05) is 50.0 Å². The number of anilines is 1. The van der Waals surface area contributed by atoms with Gasteiger partial charge in [0.05, 0.1) is 29.7 Å². The number of carbonyl (C=O) groups is 1.